The molecule has 0 spiro atoms. The van der Waals surface area contributed by atoms with Gasteiger partial charge in [0.15, 0.2) is 0 Å². The van der Waals surface area contributed by atoms with Crippen molar-refractivity contribution in [1.29, 1.82) is 0 Å². The summed E-state index contributed by atoms with van der Waals surface area (Å²) in [5, 5.41) is 8.06. The van der Waals surface area contributed by atoms with E-state index in [0.717, 1.165) is 0 Å². The van der Waals surface area contributed by atoms with E-state index in [1.54, 1.807) is 0 Å². The van der Waals surface area contributed by atoms with Gasteiger partial charge in [0.1, 0.15) is 6.54 Å². The number of rotatable bonds is 4. The highest BCUT2D eigenvalue weighted by Gasteiger charge is 1.90. The third-order valence-electron chi connectivity index (χ3n) is 0.555. The van der Waals surface area contributed by atoms with E-state index in [1.165, 1.54) is 0 Å². The Bertz CT molecular complexity index is 127. The molecule has 3 N–H and O–H groups in total. The summed E-state index contributed by atoms with van der Waals surface area (Å²) in [7, 11) is 0. The molecule has 0 aromatic rings. The summed E-state index contributed by atoms with van der Waals surface area (Å²) in [6.45, 7) is 0.203. The van der Waals surface area contributed by atoms with Gasteiger partial charge in [-0.3, -0.25) is 4.79 Å². The summed E-state index contributed by atoms with van der Waals surface area (Å²) in [5.41, 5.74) is 4.89. The molecule has 50 valence electrons. The van der Waals surface area contributed by atoms with Gasteiger partial charge < -0.3 is 5.11 Å². The molecule has 0 aliphatic rings. The number of carbonyl (C=O) groups is 1. The molecule has 0 rings (SSSR count). The van der Waals surface area contributed by atoms with Crippen molar-refractivity contribution in [2.45, 2.75) is 0 Å². The van der Waals surface area contributed by atoms with Crippen LogP contribution in [0.1, 0.15) is 0 Å². The summed E-state index contributed by atoms with van der Waals surface area (Å²) >= 11 is 0. The number of terminal acetylenes is 1. The van der Waals surface area contributed by atoms with Gasteiger partial charge in [0.25, 0.3) is 0 Å². The lowest BCUT2D eigenvalue weighted by molar-refractivity contribution is -0.136. The second-order valence-electron chi connectivity index (χ2n) is 1.30. The second-order valence-corrected chi connectivity index (χ2v) is 1.30. The van der Waals surface area contributed by atoms with Crippen LogP contribution in [0.15, 0.2) is 0 Å². The Hall–Kier alpha value is -1.05. The fourth-order valence-corrected chi connectivity index (χ4v) is 0.252. The van der Waals surface area contributed by atoms with Gasteiger partial charge in [0, 0.05) is 0 Å². The lowest BCUT2D eigenvalue weighted by Gasteiger charge is -1.97. The minimum Gasteiger partial charge on any atom is -0.480 e. The van der Waals surface area contributed by atoms with E-state index >= 15 is 0 Å². The van der Waals surface area contributed by atoms with Crippen molar-refractivity contribution < 1.29 is 9.90 Å². The molecular weight excluding hydrogens is 120 g/mol. The fourth-order valence-electron chi connectivity index (χ4n) is 0.252. The molecule has 0 aliphatic carbocycles. The molecular formula is C5H8N2O2. The lowest BCUT2D eigenvalue weighted by Crippen LogP contribution is -2.36. The van der Waals surface area contributed by atoms with E-state index in [0.29, 0.717) is 6.54 Å². The number of aliphatic carboxylic acids is 1. The first-order chi connectivity index (χ1) is 4.27. The van der Waals surface area contributed by atoms with Crippen molar-refractivity contribution in [3.8, 4) is 12.3 Å². The topological polar surface area (TPSA) is 61.4 Å². The van der Waals surface area contributed by atoms with E-state index in [9.17, 15) is 4.79 Å². The number of carboxylic acid groups (broad SMARTS) is 1. The van der Waals surface area contributed by atoms with Gasteiger partial charge >= 0.3 is 5.97 Å². The zero-order valence-corrected chi connectivity index (χ0v) is 4.85. The summed E-state index contributed by atoms with van der Waals surface area (Å²) < 4.78 is 0. The molecule has 4 heteroatoms. The van der Waals surface area contributed by atoms with Crippen LogP contribution in [0.3, 0.4) is 0 Å². The zero-order valence-electron chi connectivity index (χ0n) is 4.85. The zero-order chi connectivity index (χ0) is 7.11. The Morgan fingerprint density at radius 1 is 1.67 bits per heavy atom. The van der Waals surface area contributed by atoms with Gasteiger partial charge in [-0.2, -0.15) is 0 Å². The summed E-state index contributed by atoms with van der Waals surface area (Å²) in [6.07, 6.45) is 4.85. The molecule has 9 heavy (non-hydrogen) atoms. The van der Waals surface area contributed by atoms with E-state index < -0.39 is 5.97 Å². The lowest BCUT2D eigenvalue weighted by atomic mass is 10.7. The molecule has 0 amide bonds. The minimum absolute atomic E-state index is 0.123. The van der Waals surface area contributed by atoms with Crippen LogP contribution in [0.25, 0.3) is 0 Å². The Balaban J connectivity index is 2.94. The third-order valence-corrected chi connectivity index (χ3v) is 0.555. The quantitative estimate of drug-likeness (QED) is 0.253. The molecule has 0 fully saturated rings. The Morgan fingerprint density at radius 2 is 2.33 bits per heavy atom. The number of hydrogen-bond acceptors (Lipinski definition) is 3. The van der Waals surface area contributed by atoms with Crippen LogP contribution in [-0.4, -0.2) is 24.2 Å². The first kappa shape index (κ1) is 7.95. The summed E-state index contributed by atoms with van der Waals surface area (Å²) in [6, 6.07) is 0. The molecule has 0 saturated carbocycles. The first-order valence-corrected chi connectivity index (χ1v) is 2.38. The molecule has 0 heterocycles. The number of nitrogens with one attached hydrogen (secondary N) is 2. The highest BCUT2D eigenvalue weighted by molar-refractivity contribution is 5.68. The van der Waals surface area contributed by atoms with Crippen molar-refractivity contribution in [3.63, 3.8) is 0 Å². The summed E-state index contributed by atoms with van der Waals surface area (Å²) in [5.74, 6) is 1.36. The molecule has 0 atom stereocenters. The Kier molecular flexibility index (Phi) is 4.50. The molecule has 0 radical (unpaired) electrons. The average molecular weight is 128 g/mol. The predicted octanol–water partition coefficient (Wildman–Crippen LogP) is -1.20. The van der Waals surface area contributed by atoms with Crippen molar-refractivity contribution in [3.05, 3.63) is 0 Å². The van der Waals surface area contributed by atoms with Gasteiger partial charge in [-0.25, -0.2) is 10.9 Å². The molecule has 0 aromatic heterocycles. The largest absolute Gasteiger partial charge is 0.480 e. The highest BCUT2D eigenvalue weighted by atomic mass is 16.4. The number of hydrazine groups is 1. The Morgan fingerprint density at radius 3 is 2.78 bits per heavy atom. The average Bonchev–Trinajstić information content (AvgIpc) is 1.80. The molecule has 4 nitrogen and oxygen atoms in total. The van der Waals surface area contributed by atoms with Crippen LogP contribution in [-0.2, 0) is 4.79 Å². The summed E-state index contributed by atoms with van der Waals surface area (Å²) in [4.78, 5) is 9.81. The van der Waals surface area contributed by atoms with Crippen LogP contribution in [0.2, 0.25) is 0 Å². The fraction of sp³-hybridized carbons (Fsp3) is 0.400. The third kappa shape index (κ3) is 6.95. The number of hydrogen-bond donors (Lipinski definition) is 3. The maximum atomic E-state index is 9.81. The van der Waals surface area contributed by atoms with Crippen molar-refractivity contribution >= 4 is 5.97 Å². The van der Waals surface area contributed by atoms with Crippen LogP contribution in [0.4, 0.5) is 0 Å². The SMILES string of the molecule is C#CCNNCC(=O)O. The van der Waals surface area contributed by atoms with Gasteiger partial charge in [-0.05, 0) is 0 Å². The minimum atomic E-state index is -0.917. The monoisotopic (exact) mass is 128 g/mol. The van der Waals surface area contributed by atoms with Crippen LogP contribution in [0.5, 0.6) is 0 Å². The van der Waals surface area contributed by atoms with E-state index in [2.05, 4.69) is 16.8 Å². The van der Waals surface area contributed by atoms with Crippen molar-refractivity contribution in [2.24, 2.45) is 0 Å². The molecule has 0 aliphatic heterocycles. The molecule has 0 aromatic carbocycles. The normalized spacial score (nSPS) is 8.33. The van der Waals surface area contributed by atoms with Gasteiger partial charge in [0.05, 0.1) is 6.54 Å². The van der Waals surface area contributed by atoms with E-state index in [1.807, 2.05) is 0 Å². The van der Waals surface area contributed by atoms with Gasteiger partial charge in [-0.1, -0.05) is 5.92 Å². The van der Waals surface area contributed by atoms with Crippen molar-refractivity contribution in [2.75, 3.05) is 13.1 Å². The predicted molar refractivity (Wildman–Crippen MR) is 32.5 cm³/mol. The van der Waals surface area contributed by atoms with Gasteiger partial charge in [0.2, 0.25) is 0 Å². The van der Waals surface area contributed by atoms with Gasteiger partial charge in [-0.15, -0.1) is 6.42 Å². The van der Waals surface area contributed by atoms with E-state index in [-0.39, 0.29) is 6.54 Å². The van der Waals surface area contributed by atoms with Crippen LogP contribution >= 0.6 is 0 Å². The number of carboxylic acids is 1. The molecule has 0 saturated heterocycles. The standard InChI is InChI=1S/C5H8N2O2/c1-2-3-6-7-4-5(8)9/h1,6-7H,3-4H2,(H,8,9). The first-order valence-electron chi connectivity index (χ1n) is 2.38. The second kappa shape index (κ2) is 5.09. The van der Waals surface area contributed by atoms with Crippen molar-refractivity contribution in [1.82, 2.24) is 10.9 Å². The smallest absolute Gasteiger partial charge is 0.318 e. The highest BCUT2D eigenvalue weighted by Crippen LogP contribution is 1.54. The van der Waals surface area contributed by atoms with Crippen LogP contribution < -0.4 is 10.9 Å². The molecule has 0 bridgehead atoms. The van der Waals surface area contributed by atoms with E-state index in [4.69, 9.17) is 11.5 Å². The maximum Gasteiger partial charge on any atom is 0.318 e. The maximum absolute atomic E-state index is 9.81. The molecule has 0 unspecified atom stereocenters. The van der Waals surface area contributed by atoms with Crippen LogP contribution in [0, 0.1) is 12.3 Å². The Labute approximate surface area is 53.2 Å².